The average molecular weight is 484 g/mol. The first kappa shape index (κ1) is 19.5. The second-order valence-corrected chi connectivity index (χ2v) is 11.5. The first-order chi connectivity index (χ1) is 13.3. The topological polar surface area (TPSA) is 76.8 Å². The van der Waals surface area contributed by atoms with Crippen molar-refractivity contribution in [3.63, 3.8) is 0 Å². The van der Waals surface area contributed by atoms with E-state index in [1.807, 2.05) is 24.3 Å². The number of amides is 1. The lowest BCUT2D eigenvalue weighted by Gasteiger charge is -2.23. The van der Waals surface area contributed by atoms with Crippen molar-refractivity contribution in [2.75, 3.05) is 25.2 Å². The van der Waals surface area contributed by atoms with E-state index >= 15 is 0 Å². The number of hydrogen-bond donors (Lipinski definition) is 0. The number of fused-ring (bicyclic) bond motifs is 1. The van der Waals surface area contributed by atoms with Gasteiger partial charge in [-0.1, -0.05) is 0 Å². The third-order valence-electron chi connectivity index (χ3n) is 4.90. The van der Waals surface area contributed by atoms with Gasteiger partial charge in [-0.2, -0.15) is 0 Å². The van der Waals surface area contributed by atoms with Gasteiger partial charge >= 0.3 is 0 Å². The Hall–Kier alpha value is -1.84. The number of nitrogens with zero attached hydrogens (tertiary/aromatic N) is 1. The van der Waals surface area contributed by atoms with Crippen LogP contribution in [0.4, 0.5) is 0 Å². The summed E-state index contributed by atoms with van der Waals surface area (Å²) in [5.41, 5.74) is 1.71. The molecule has 1 amide bonds. The van der Waals surface area contributed by atoms with Gasteiger partial charge in [-0.05, 0) is 52.7 Å². The molecule has 2 aromatic heterocycles. The molecule has 1 fully saturated rings. The number of carbonyl (C=O) groups is 1. The second kappa shape index (κ2) is 7.53. The summed E-state index contributed by atoms with van der Waals surface area (Å²) in [4.78, 5) is 15.0. The van der Waals surface area contributed by atoms with Gasteiger partial charge < -0.3 is 14.1 Å². The number of rotatable bonds is 5. The number of furan rings is 1. The molecule has 3 aromatic rings. The van der Waals surface area contributed by atoms with E-state index in [0.29, 0.717) is 12.2 Å². The fourth-order valence-electron chi connectivity index (χ4n) is 3.28. The van der Waals surface area contributed by atoms with Gasteiger partial charge in [-0.25, -0.2) is 8.42 Å². The Labute approximate surface area is 175 Å². The van der Waals surface area contributed by atoms with E-state index in [-0.39, 0.29) is 30.1 Å². The molecule has 148 valence electrons. The molecule has 0 radical (unpaired) electrons. The van der Waals surface area contributed by atoms with Gasteiger partial charge in [0.25, 0.3) is 5.91 Å². The lowest BCUT2D eigenvalue weighted by molar-refractivity contribution is -0.133. The molecular weight excluding hydrogens is 466 g/mol. The summed E-state index contributed by atoms with van der Waals surface area (Å²) < 4.78 is 35.6. The summed E-state index contributed by atoms with van der Waals surface area (Å²) in [5, 5.41) is 0.912. The molecule has 0 unspecified atom stereocenters. The number of ether oxygens (including phenoxy) is 1. The minimum Gasteiger partial charge on any atom is -0.484 e. The van der Waals surface area contributed by atoms with Crippen LogP contribution in [-0.4, -0.2) is 50.4 Å². The Morgan fingerprint density at radius 2 is 2.18 bits per heavy atom. The van der Waals surface area contributed by atoms with Gasteiger partial charge in [0.2, 0.25) is 0 Å². The minimum absolute atomic E-state index is 0.0238. The highest BCUT2D eigenvalue weighted by Gasteiger charge is 2.32. The normalized spacial score (nSPS) is 18.4. The van der Waals surface area contributed by atoms with Crippen molar-refractivity contribution < 1.29 is 22.4 Å². The summed E-state index contributed by atoms with van der Waals surface area (Å²) in [6.45, 7) is -0.143. The molecule has 3 heterocycles. The zero-order valence-corrected chi connectivity index (χ0v) is 18.3. The lowest BCUT2D eigenvalue weighted by atomic mass is 10.1. The summed E-state index contributed by atoms with van der Waals surface area (Å²) in [5.74, 6) is 0.480. The zero-order chi connectivity index (χ0) is 19.9. The number of likely N-dealkylation sites (N-methyl/N-ethyl adjacent to an activating group) is 1. The predicted octanol–water partition coefficient (Wildman–Crippen LogP) is 3.95. The maximum Gasteiger partial charge on any atom is 0.260 e. The molecule has 4 rings (SSSR count). The van der Waals surface area contributed by atoms with Gasteiger partial charge in [0.1, 0.15) is 17.6 Å². The van der Waals surface area contributed by atoms with E-state index in [9.17, 15) is 13.2 Å². The Kier molecular flexibility index (Phi) is 5.24. The molecule has 0 spiro atoms. The molecule has 28 heavy (non-hydrogen) atoms. The molecule has 1 atom stereocenters. The van der Waals surface area contributed by atoms with E-state index in [1.165, 1.54) is 4.90 Å². The molecule has 6 nitrogen and oxygen atoms in total. The quantitative estimate of drug-likeness (QED) is 0.548. The first-order valence-electron chi connectivity index (χ1n) is 8.68. The van der Waals surface area contributed by atoms with E-state index in [4.69, 9.17) is 9.15 Å². The summed E-state index contributed by atoms with van der Waals surface area (Å²) in [6.07, 6.45) is 2.19. The number of thiophene rings is 1. The van der Waals surface area contributed by atoms with Crippen molar-refractivity contribution >= 4 is 54.0 Å². The predicted molar refractivity (Wildman–Crippen MR) is 113 cm³/mol. The summed E-state index contributed by atoms with van der Waals surface area (Å²) in [6, 6.07) is 9.15. The van der Waals surface area contributed by atoms with Crippen LogP contribution in [0.5, 0.6) is 5.75 Å². The number of carbonyl (C=O) groups excluding carboxylic acids is 1. The Balaban J connectivity index is 1.47. The van der Waals surface area contributed by atoms with Crippen molar-refractivity contribution in [2.45, 2.75) is 12.5 Å². The molecule has 9 heteroatoms. The highest BCUT2D eigenvalue weighted by atomic mass is 79.9. The summed E-state index contributed by atoms with van der Waals surface area (Å²) in [7, 11) is -1.41. The van der Waals surface area contributed by atoms with E-state index in [0.717, 1.165) is 25.2 Å². The molecule has 0 bridgehead atoms. The van der Waals surface area contributed by atoms with Crippen LogP contribution in [0.1, 0.15) is 6.42 Å². The third kappa shape index (κ3) is 3.97. The molecular formula is C19H18BrNO5S2. The van der Waals surface area contributed by atoms with E-state index < -0.39 is 9.84 Å². The largest absolute Gasteiger partial charge is 0.484 e. The number of hydrogen-bond acceptors (Lipinski definition) is 6. The van der Waals surface area contributed by atoms with E-state index in [1.54, 1.807) is 30.7 Å². The van der Waals surface area contributed by atoms with Crippen LogP contribution in [0, 0.1) is 0 Å². The maximum absolute atomic E-state index is 12.4. The molecule has 1 aliphatic heterocycles. The second-order valence-electron chi connectivity index (χ2n) is 6.76. The molecule has 1 aliphatic rings. The van der Waals surface area contributed by atoms with E-state index in [2.05, 4.69) is 15.9 Å². The zero-order valence-electron chi connectivity index (χ0n) is 15.1. The molecule has 0 N–H and O–H groups in total. The van der Waals surface area contributed by atoms with Crippen LogP contribution in [0.2, 0.25) is 0 Å². The Bertz CT molecular complexity index is 1130. The highest BCUT2D eigenvalue weighted by molar-refractivity contribution is 9.11. The van der Waals surface area contributed by atoms with Crippen LogP contribution < -0.4 is 4.74 Å². The minimum atomic E-state index is -3.04. The highest BCUT2D eigenvalue weighted by Crippen LogP contribution is 2.38. The van der Waals surface area contributed by atoms with Crippen molar-refractivity contribution in [3.05, 3.63) is 40.4 Å². The number of benzene rings is 1. The van der Waals surface area contributed by atoms with Gasteiger partial charge in [0.05, 0.1) is 15.3 Å². The summed E-state index contributed by atoms with van der Waals surface area (Å²) >= 11 is 5.08. The Morgan fingerprint density at radius 1 is 1.36 bits per heavy atom. The molecule has 0 saturated carbocycles. The number of halogens is 1. The fourth-order valence-corrected chi connectivity index (χ4v) is 6.46. The van der Waals surface area contributed by atoms with Crippen LogP contribution in [0.25, 0.3) is 21.4 Å². The third-order valence-corrected chi connectivity index (χ3v) is 8.30. The fraction of sp³-hybridized carbons (Fsp3) is 0.316. The monoisotopic (exact) mass is 483 g/mol. The van der Waals surface area contributed by atoms with Crippen molar-refractivity contribution in [2.24, 2.45) is 0 Å². The van der Waals surface area contributed by atoms with Crippen LogP contribution in [-0.2, 0) is 14.6 Å². The van der Waals surface area contributed by atoms with Crippen molar-refractivity contribution in [1.82, 2.24) is 4.90 Å². The van der Waals surface area contributed by atoms with Gasteiger partial charge in [0.15, 0.2) is 16.4 Å². The lowest BCUT2D eigenvalue weighted by Crippen LogP contribution is -2.40. The molecule has 1 aromatic carbocycles. The maximum atomic E-state index is 12.4. The smallest absolute Gasteiger partial charge is 0.260 e. The van der Waals surface area contributed by atoms with Crippen LogP contribution >= 0.6 is 27.3 Å². The van der Waals surface area contributed by atoms with Crippen molar-refractivity contribution in [1.29, 1.82) is 0 Å². The Morgan fingerprint density at radius 3 is 2.86 bits per heavy atom. The average Bonchev–Trinajstić information content (AvgIpc) is 3.36. The van der Waals surface area contributed by atoms with Crippen molar-refractivity contribution in [3.8, 4) is 16.2 Å². The number of sulfone groups is 1. The van der Waals surface area contributed by atoms with Gasteiger partial charge in [-0.15, -0.1) is 11.3 Å². The van der Waals surface area contributed by atoms with Gasteiger partial charge in [0, 0.05) is 28.9 Å². The SMILES string of the molecule is CN(C(=O)COc1ccc2occ(-c3ccc(Br)s3)c2c1)[C@@H]1CCS(=O)(=O)C1. The van der Waals surface area contributed by atoms with Crippen LogP contribution in [0.3, 0.4) is 0 Å². The molecule has 0 aliphatic carbocycles. The standard InChI is InChI=1S/C19H18BrNO5S2/c1-21(12-6-7-28(23,24)11-12)19(22)10-25-13-2-3-16-14(8-13)15(9-26-16)17-4-5-18(20)27-17/h2-5,8-9,12H,6-7,10-11H2,1H3/t12-/m1/s1. The van der Waals surface area contributed by atoms with Gasteiger partial charge in [-0.3, -0.25) is 4.79 Å². The van der Waals surface area contributed by atoms with Crippen LogP contribution in [0.15, 0.2) is 44.8 Å². The first-order valence-corrected chi connectivity index (χ1v) is 12.1. The molecule has 1 saturated heterocycles.